The number of benzene rings is 1. The van der Waals surface area contributed by atoms with Crippen LogP contribution < -0.4 is 11.1 Å². The van der Waals surface area contributed by atoms with E-state index in [2.05, 4.69) is 17.4 Å². The van der Waals surface area contributed by atoms with E-state index in [9.17, 15) is 4.79 Å². The highest BCUT2D eigenvalue weighted by molar-refractivity contribution is 6.30. The molecule has 1 amide bonds. The zero-order valence-corrected chi connectivity index (χ0v) is 14.2. The highest BCUT2D eigenvalue weighted by Gasteiger charge is 2.40. The average molecular weight is 337 g/mol. The predicted octanol–water partition coefficient (Wildman–Crippen LogP) is 2.78. The van der Waals surface area contributed by atoms with Gasteiger partial charge in [0.25, 0.3) is 0 Å². The van der Waals surface area contributed by atoms with Gasteiger partial charge in [0.1, 0.15) is 0 Å². The van der Waals surface area contributed by atoms with E-state index >= 15 is 0 Å². The minimum atomic E-state index is -0.780. The van der Waals surface area contributed by atoms with Crippen LogP contribution in [-0.4, -0.2) is 31.2 Å². The summed E-state index contributed by atoms with van der Waals surface area (Å²) in [5, 5.41) is 3.88. The Morgan fingerprint density at radius 1 is 1.13 bits per heavy atom. The lowest BCUT2D eigenvalue weighted by Gasteiger charge is -2.35. The van der Waals surface area contributed by atoms with Gasteiger partial charge >= 0.3 is 0 Å². The van der Waals surface area contributed by atoms with Gasteiger partial charge in [0, 0.05) is 30.2 Å². The van der Waals surface area contributed by atoms with Crippen LogP contribution in [0.1, 0.15) is 44.1 Å². The van der Waals surface area contributed by atoms with E-state index in [0.717, 1.165) is 17.9 Å². The molecule has 0 radical (unpaired) electrons. The summed E-state index contributed by atoms with van der Waals surface area (Å²) in [5.41, 5.74) is 6.78. The van der Waals surface area contributed by atoms with E-state index in [0.29, 0.717) is 32.6 Å². The first-order chi connectivity index (χ1) is 11.0. The molecule has 1 aromatic rings. The topological polar surface area (TPSA) is 64.4 Å². The van der Waals surface area contributed by atoms with E-state index < -0.39 is 5.54 Å². The van der Waals surface area contributed by atoms with Crippen molar-refractivity contribution in [3.05, 3.63) is 34.9 Å². The zero-order chi connectivity index (χ0) is 16.3. The monoisotopic (exact) mass is 336 g/mol. The Morgan fingerprint density at radius 2 is 1.74 bits per heavy atom. The van der Waals surface area contributed by atoms with E-state index in [1.54, 1.807) is 0 Å². The average Bonchev–Trinajstić information content (AvgIpc) is 3.04. The van der Waals surface area contributed by atoms with Gasteiger partial charge in [0.15, 0.2) is 0 Å². The summed E-state index contributed by atoms with van der Waals surface area (Å²) in [7, 11) is 0. The normalized spacial score (nSPS) is 22.7. The standard InChI is InChI=1S/C18H25ClN2O2/c19-15-5-3-14(4-6-15)17(7-1-2-8-17)13-21-16(22)18(20)9-11-23-12-10-18/h3-6H,1-2,7-13,20H2,(H,21,22). The number of hydrogen-bond acceptors (Lipinski definition) is 3. The lowest BCUT2D eigenvalue weighted by molar-refractivity contribution is -0.130. The van der Waals surface area contributed by atoms with Gasteiger partial charge in [-0.25, -0.2) is 0 Å². The van der Waals surface area contributed by atoms with E-state index in [1.165, 1.54) is 18.4 Å². The first-order valence-electron chi connectivity index (χ1n) is 8.45. The van der Waals surface area contributed by atoms with Crippen LogP contribution in [-0.2, 0) is 14.9 Å². The van der Waals surface area contributed by atoms with Crippen LogP contribution in [0, 0.1) is 0 Å². The molecular formula is C18H25ClN2O2. The van der Waals surface area contributed by atoms with Crippen LogP contribution in [0.25, 0.3) is 0 Å². The third-order valence-corrected chi connectivity index (χ3v) is 5.69. The lowest BCUT2D eigenvalue weighted by atomic mass is 9.78. The van der Waals surface area contributed by atoms with E-state index in [4.69, 9.17) is 22.1 Å². The van der Waals surface area contributed by atoms with Crippen LogP contribution in [0.2, 0.25) is 5.02 Å². The Labute approximate surface area is 142 Å². The zero-order valence-electron chi connectivity index (χ0n) is 13.4. The van der Waals surface area contributed by atoms with Crippen molar-refractivity contribution in [2.75, 3.05) is 19.8 Å². The second-order valence-corrected chi connectivity index (χ2v) is 7.38. The van der Waals surface area contributed by atoms with Gasteiger partial charge in [-0.05, 0) is 43.4 Å². The number of hydrogen-bond donors (Lipinski definition) is 2. The van der Waals surface area contributed by atoms with Crippen LogP contribution >= 0.6 is 11.6 Å². The van der Waals surface area contributed by atoms with Crippen molar-refractivity contribution < 1.29 is 9.53 Å². The molecule has 126 valence electrons. The van der Waals surface area contributed by atoms with E-state index in [-0.39, 0.29) is 11.3 Å². The first-order valence-corrected chi connectivity index (χ1v) is 8.83. The molecule has 0 bridgehead atoms. The molecule has 1 saturated heterocycles. The fraction of sp³-hybridized carbons (Fsp3) is 0.611. The number of amides is 1. The summed E-state index contributed by atoms with van der Waals surface area (Å²) >= 11 is 6.01. The molecule has 1 aliphatic carbocycles. The van der Waals surface area contributed by atoms with Crippen molar-refractivity contribution >= 4 is 17.5 Å². The van der Waals surface area contributed by atoms with Crippen molar-refractivity contribution in [3.63, 3.8) is 0 Å². The van der Waals surface area contributed by atoms with Crippen molar-refractivity contribution in [1.82, 2.24) is 5.32 Å². The van der Waals surface area contributed by atoms with Gasteiger partial charge in [-0.3, -0.25) is 4.79 Å². The fourth-order valence-electron chi connectivity index (χ4n) is 3.81. The minimum absolute atomic E-state index is 0.0157. The van der Waals surface area contributed by atoms with Crippen molar-refractivity contribution in [2.45, 2.75) is 49.5 Å². The van der Waals surface area contributed by atoms with Gasteiger partial charge in [0.2, 0.25) is 5.91 Å². The van der Waals surface area contributed by atoms with Gasteiger partial charge in [-0.15, -0.1) is 0 Å². The Morgan fingerprint density at radius 3 is 2.35 bits per heavy atom. The number of ether oxygens (including phenoxy) is 1. The maximum absolute atomic E-state index is 12.6. The minimum Gasteiger partial charge on any atom is -0.381 e. The van der Waals surface area contributed by atoms with Crippen LogP contribution in [0.15, 0.2) is 24.3 Å². The molecule has 1 aromatic carbocycles. The molecule has 1 heterocycles. The molecule has 4 nitrogen and oxygen atoms in total. The van der Waals surface area contributed by atoms with Crippen LogP contribution in [0.5, 0.6) is 0 Å². The molecule has 0 unspecified atom stereocenters. The summed E-state index contributed by atoms with van der Waals surface area (Å²) in [5.74, 6) is -0.0407. The summed E-state index contributed by atoms with van der Waals surface area (Å²) in [4.78, 5) is 12.6. The Hall–Kier alpha value is -1.10. The fourth-order valence-corrected chi connectivity index (χ4v) is 3.94. The molecule has 2 fully saturated rings. The van der Waals surface area contributed by atoms with Crippen LogP contribution in [0.3, 0.4) is 0 Å². The quantitative estimate of drug-likeness (QED) is 0.888. The van der Waals surface area contributed by atoms with Gasteiger partial charge in [-0.1, -0.05) is 36.6 Å². The molecule has 5 heteroatoms. The first kappa shape index (κ1) is 16.7. The third kappa shape index (κ3) is 3.54. The number of carbonyl (C=O) groups is 1. The summed E-state index contributed by atoms with van der Waals surface area (Å²) in [6.45, 7) is 1.77. The lowest BCUT2D eigenvalue weighted by Crippen LogP contribution is -2.58. The molecule has 0 spiro atoms. The van der Waals surface area contributed by atoms with Gasteiger partial charge in [0.05, 0.1) is 5.54 Å². The molecule has 1 saturated carbocycles. The highest BCUT2D eigenvalue weighted by Crippen LogP contribution is 2.41. The van der Waals surface area contributed by atoms with Crippen molar-refractivity contribution in [3.8, 4) is 0 Å². The number of carbonyl (C=O) groups excluding carboxylic acids is 1. The molecular weight excluding hydrogens is 312 g/mol. The molecule has 0 aromatic heterocycles. The molecule has 3 rings (SSSR count). The summed E-state index contributed by atoms with van der Waals surface area (Å²) in [6.07, 6.45) is 5.75. The number of nitrogens with one attached hydrogen (secondary N) is 1. The third-order valence-electron chi connectivity index (χ3n) is 5.44. The maximum Gasteiger partial charge on any atom is 0.240 e. The molecule has 0 atom stereocenters. The Balaban J connectivity index is 1.70. The largest absolute Gasteiger partial charge is 0.381 e. The number of rotatable bonds is 4. The molecule has 2 aliphatic rings. The second kappa shape index (κ2) is 6.80. The molecule has 3 N–H and O–H groups in total. The summed E-state index contributed by atoms with van der Waals surface area (Å²) in [6, 6.07) is 8.04. The molecule has 23 heavy (non-hydrogen) atoms. The number of halogens is 1. The van der Waals surface area contributed by atoms with E-state index in [1.807, 2.05) is 12.1 Å². The van der Waals surface area contributed by atoms with Gasteiger partial charge < -0.3 is 15.8 Å². The van der Waals surface area contributed by atoms with Gasteiger partial charge in [-0.2, -0.15) is 0 Å². The smallest absolute Gasteiger partial charge is 0.240 e. The molecule has 1 aliphatic heterocycles. The van der Waals surface area contributed by atoms with Crippen molar-refractivity contribution in [2.24, 2.45) is 5.73 Å². The number of nitrogens with two attached hydrogens (primary N) is 1. The maximum atomic E-state index is 12.6. The Kier molecular flexibility index (Phi) is 4.95. The SMILES string of the molecule is NC1(C(=O)NCC2(c3ccc(Cl)cc3)CCCC2)CCOCC1. The Bertz CT molecular complexity index is 547. The second-order valence-electron chi connectivity index (χ2n) is 6.95. The highest BCUT2D eigenvalue weighted by atomic mass is 35.5. The summed E-state index contributed by atoms with van der Waals surface area (Å²) < 4.78 is 5.32. The van der Waals surface area contributed by atoms with Crippen LogP contribution in [0.4, 0.5) is 0 Å². The predicted molar refractivity (Wildman–Crippen MR) is 91.6 cm³/mol. The van der Waals surface area contributed by atoms with Crippen molar-refractivity contribution in [1.29, 1.82) is 0 Å².